The molecule has 0 unspecified atom stereocenters. The number of hydrogen-bond donors (Lipinski definition) is 1. The monoisotopic (exact) mass is 319 g/mol. The van der Waals surface area contributed by atoms with Gasteiger partial charge in [0.15, 0.2) is 0 Å². The standard InChI is InChI=1S/C15H18ClN5O/c16-13-10-14(18-5-3-12-2-1-4-17-11-12)20-15(19-13)21-6-8-22-9-7-21/h1-2,4,10-11H,3,5-9H2,(H,18,19,20). The third-order valence-corrected chi connectivity index (χ3v) is 3.61. The number of morpholine rings is 1. The molecule has 1 aliphatic heterocycles. The number of hydrogen-bond acceptors (Lipinski definition) is 6. The highest BCUT2D eigenvalue weighted by Gasteiger charge is 2.15. The van der Waals surface area contributed by atoms with Crippen LogP contribution in [0.4, 0.5) is 11.8 Å². The minimum absolute atomic E-state index is 0.445. The second-order valence-corrected chi connectivity index (χ2v) is 5.40. The number of nitrogens with one attached hydrogen (secondary N) is 1. The molecule has 1 aliphatic rings. The van der Waals surface area contributed by atoms with E-state index in [-0.39, 0.29) is 0 Å². The minimum Gasteiger partial charge on any atom is -0.378 e. The Morgan fingerprint density at radius 1 is 1.27 bits per heavy atom. The molecule has 0 bridgehead atoms. The van der Waals surface area contributed by atoms with Crippen LogP contribution in [0.5, 0.6) is 0 Å². The molecule has 1 saturated heterocycles. The minimum atomic E-state index is 0.445. The van der Waals surface area contributed by atoms with E-state index in [9.17, 15) is 0 Å². The van der Waals surface area contributed by atoms with Gasteiger partial charge in [-0.15, -0.1) is 0 Å². The van der Waals surface area contributed by atoms with Crippen LogP contribution < -0.4 is 10.2 Å². The average molecular weight is 320 g/mol. The SMILES string of the molecule is Clc1cc(NCCc2cccnc2)nc(N2CCOCC2)n1. The van der Waals surface area contributed by atoms with Crippen LogP contribution in [0, 0.1) is 0 Å². The van der Waals surface area contributed by atoms with Gasteiger partial charge in [0.1, 0.15) is 11.0 Å². The van der Waals surface area contributed by atoms with Gasteiger partial charge in [-0.25, -0.2) is 4.98 Å². The third kappa shape index (κ3) is 4.05. The number of pyridine rings is 1. The Labute approximate surface area is 134 Å². The lowest BCUT2D eigenvalue weighted by Crippen LogP contribution is -2.37. The summed E-state index contributed by atoms with van der Waals surface area (Å²) in [5, 5.41) is 3.74. The summed E-state index contributed by atoms with van der Waals surface area (Å²) in [5.41, 5.74) is 1.18. The first-order valence-electron chi connectivity index (χ1n) is 7.31. The number of rotatable bonds is 5. The highest BCUT2D eigenvalue weighted by Crippen LogP contribution is 2.18. The zero-order valence-corrected chi connectivity index (χ0v) is 13.0. The van der Waals surface area contributed by atoms with Crippen molar-refractivity contribution in [2.75, 3.05) is 43.1 Å². The van der Waals surface area contributed by atoms with E-state index in [1.165, 1.54) is 5.56 Å². The fourth-order valence-corrected chi connectivity index (χ4v) is 2.46. The van der Waals surface area contributed by atoms with Gasteiger partial charge < -0.3 is 15.0 Å². The molecule has 0 aliphatic carbocycles. The predicted octanol–water partition coefficient (Wildman–Crippen LogP) is 2.02. The molecule has 0 atom stereocenters. The fraction of sp³-hybridized carbons (Fsp3) is 0.400. The number of halogens is 1. The van der Waals surface area contributed by atoms with Crippen LogP contribution in [0.15, 0.2) is 30.6 Å². The predicted molar refractivity (Wildman–Crippen MR) is 86.5 cm³/mol. The van der Waals surface area contributed by atoms with E-state index in [0.29, 0.717) is 24.3 Å². The van der Waals surface area contributed by atoms with Crippen LogP contribution in [-0.4, -0.2) is 47.8 Å². The summed E-state index contributed by atoms with van der Waals surface area (Å²) in [6, 6.07) is 5.74. The fourth-order valence-electron chi connectivity index (χ4n) is 2.28. The lowest BCUT2D eigenvalue weighted by molar-refractivity contribution is 0.122. The summed E-state index contributed by atoms with van der Waals surface area (Å²) < 4.78 is 5.34. The zero-order chi connectivity index (χ0) is 15.2. The molecule has 1 N–H and O–H groups in total. The topological polar surface area (TPSA) is 63.2 Å². The maximum atomic E-state index is 6.11. The maximum absolute atomic E-state index is 6.11. The summed E-state index contributed by atoms with van der Waals surface area (Å²) in [5.74, 6) is 1.39. The Balaban J connectivity index is 1.62. The third-order valence-electron chi connectivity index (χ3n) is 3.42. The summed E-state index contributed by atoms with van der Waals surface area (Å²) in [6.45, 7) is 3.73. The van der Waals surface area contributed by atoms with Crippen LogP contribution in [0.1, 0.15) is 5.56 Å². The van der Waals surface area contributed by atoms with Gasteiger partial charge in [-0.05, 0) is 18.1 Å². The van der Waals surface area contributed by atoms with Crippen LogP contribution >= 0.6 is 11.6 Å². The lowest BCUT2D eigenvalue weighted by atomic mass is 10.2. The van der Waals surface area contributed by atoms with Crippen molar-refractivity contribution in [2.45, 2.75) is 6.42 Å². The Kier molecular flexibility index (Phi) is 5.03. The van der Waals surface area contributed by atoms with Crippen LogP contribution in [0.3, 0.4) is 0 Å². The highest BCUT2D eigenvalue weighted by atomic mass is 35.5. The second-order valence-electron chi connectivity index (χ2n) is 5.01. The van der Waals surface area contributed by atoms with Gasteiger partial charge in [-0.1, -0.05) is 17.7 Å². The summed E-state index contributed by atoms with van der Waals surface area (Å²) in [4.78, 5) is 15.0. The van der Waals surface area contributed by atoms with Gasteiger partial charge in [0.2, 0.25) is 5.95 Å². The van der Waals surface area contributed by atoms with E-state index in [1.54, 1.807) is 12.3 Å². The van der Waals surface area contributed by atoms with Gasteiger partial charge in [0, 0.05) is 38.1 Å². The van der Waals surface area contributed by atoms with Crippen molar-refractivity contribution >= 4 is 23.4 Å². The van der Waals surface area contributed by atoms with E-state index < -0.39 is 0 Å². The summed E-state index contributed by atoms with van der Waals surface area (Å²) in [7, 11) is 0. The van der Waals surface area contributed by atoms with Gasteiger partial charge >= 0.3 is 0 Å². The summed E-state index contributed by atoms with van der Waals surface area (Å²) >= 11 is 6.11. The van der Waals surface area contributed by atoms with Crippen molar-refractivity contribution in [3.8, 4) is 0 Å². The molecule has 0 amide bonds. The molecule has 3 heterocycles. The van der Waals surface area contributed by atoms with Crippen molar-refractivity contribution in [1.82, 2.24) is 15.0 Å². The van der Waals surface area contributed by atoms with E-state index in [1.807, 2.05) is 12.3 Å². The molecule has 2 aromatic rings. The molecular formula is C15H18ClN5O. The molecule has 7 heteroatoms. The van der Waals surface area contributed by atoms with Crippen LogP contribution in [-0.2, 0) is 11.2 Å². The average Bonchev–Trinajstić information content (AvgIpc) is 2.56. The molecule has 22 heavy (non-hydrogen) atoms. The zero-order valence-electron chi connectivity index (χ0n) is 12.2. The molecule has 0 radical (unpaired) electrons. The van der Waals surface area contributed by atoms with E-state index >= 15 is 0 Å². The highest BCUT2D eigenvalue weighted by molar-refractivity contribution is 6.29. The van der Waals surface area contributed by atoms with Gasteiger partial charge in [-0.3, -0.25) is 4.98 Å². The largest absolute Gasteiger partial charge is 0.378 e. The number of nitrogens with zero attached hydrogens (tertiary/aromatic N) is 4. The Bertz CT molecular complexity index is 604. The van der Waals surface area contributed by atoms with Gasteiger partial charge in [-0.2, -0.15) is 4.98 Å². The first-order valence-corrected chi connectivity index (χ1v) is 7.69. The Morgan fingerprint density at radius 3 is 2.91 bits per heavy atom. The van der Waals surface area contributed by atoms with Crippen molar-refractivity contribution < 1.29 is 4.74 Å². The maximum Gasteiger partial charge on any atom is 0.228 e. The molecule has 3 rings (SSSR count). The first kappa shape index (κ1) is 15.0. The molecular weight excluding hydrogens is 302 g/mol. The molecule has 116 valence electrons. The smallest absolute Gasteiger partial charge is 0.228 e. The van der Waals surface area contributed by atoms with Crippen molar-refractivity contribution in [1.29, 1.82) is 0 Å². The Morgan fingerprint density at radius 2 is 2.14 bits per heavy atom. The van der Waals surface area contributed by atoms with E-state index in [4.69, 9.17) is 16.3 Å². The number of aromatic nitrogens is 3. The number of ether oxygens (including phenoxy) is 1. The van der Waals surface area contributed by atoms with Gasteiger partial charge in [0.05, 0.1) is 13.2 Å². The van der Waals surface area contributed by atoms with Crippen LogP contribution in [0.25, 0.3) is 0 Å². The van der Waals surface area contributed by atoms with Crippen LogP contribution in [0.2, 0.25) is 5.15 Å². The van der Waals surface area contributed by atoms with Crippen molar-refractivity contribution in [3.05, 3.63) is 41.3 Å². The second kappa shape index (κ2) is 7.38. The normalized spacial score (nSPS) is 14.9. The Hall–Kier alpha value is -1.92. The molecule has 1 fully saturated rings. The molecule has 0 aromatic carbocycles. The number of anilines is 2. The molecule has 6 nitrogen and oxygen atoms in total. The van der Waals surface area contributed by atoms with E-state index in [0.717, 1.165) is 31.9 Å². The van der Waals surface area contributed by atoms with Crippen molar-refractivity contribution in [2.24, 2.45) is 0 Å². The quantitative estimate of drug-likeness (QED) is 0.851. The first-order chi connectivity index (χ1) is 10.8. The molecule has 0 saturated carbocycles. The van der Waals surface area contributed by atoms with Crippen molar-refractivity contribution in [3.63, 3.8) is 0 Å². The lowest BCUT2D eigenvalue weighted by Gasteiger charge is -2.27. The summed E-state index contributed by atoms with van der Waals surface area (Å²) in [6.07, 6.45) is 4.52. The van der Waals surface area contributed by atoms with Gasteiger partial charge in [0.25, 0.3) is 0 Å². The van der Waals surface area contributed by atoms with E-state index in [2.05, 4.69) is 31.2 Å². The molecule has 2 aromatic heterocycles. The molecule has 0 spiro atoms.